The van der Waals surface area contributed by atoms with Gasteiger partial charge in [-0.1, -0.05) is 57.4 Å². The highest BCUT2D eigenvalue weighted by Gasteiger charge is 2.14. The van der Waals surface area contributed by atoms with Crippen molar-refractivity contribution in [1.29, 1.82) is 0 Å². The van der Waals surface area contributed by atoms with E-state index in [1.807, 2.05) is 38.1 Å². The Kier molecular flexibility index (Phi) is 12.2. The second-order valence-corrected chi connectivity index (χ2v) is 9.05. The smallest absolute Gasteiger partial charge is 0.251 e. The number of benzene rings is 1. The number of rotatable bonds is 10. The summed E-state index contributed by atoms with van der Waals surface area (Å²) in [5.74, 6) is 1.44. The van der Waals surface area contributed by atoms with Crippen LogP contribution in [0.3, 0.4) is 0 Å². The minimum Gasteiger partial charge on any atom is -0.494 e. The summed E-state index contributed by atoms with van der Waals surface area (Å²) < 4.78 is 5.72. The summed E-state index contributed by atoms with van der Waals surface area (Å²) in [6.45, 7) is 13.4. The first-order valence-electron chi connectivity index (χ1n) is 12.7. The Balaban J connectivity index is 0.00000176. The first-order valence-corrected chi connectivity index (χ1v) is 12.7. The summed E-state index contributed by atoms with van der Waals surface area (Å²) in [5, 5.41) is 3.05. The summed E-state index contributed by atoms with van der Waals surface area (Å²) >= 11 is 0. The molecule has 2 aliphatic rings. The minimum atomic E-state index is -0.0125. The fourth-order valence-corrected chi connectivity index (χ4v) is 4.02. The van der Waals surface area contributed by atoms with Crippen LogP contribution in [-0.2, 0) is 0 Å². The van der Waals surface area contributed by atoms with Gasteiger partial charge in [-0.2, -0.15) is 0 Å². The number of hydrogen-bond donors (Lipinski definition) is 1. The van der Waals surface area contributed by atoms with E-state index in [-0.39, 0.29) is 5.91 Å². The maximum atomic E-state index is 12.4. The lowest BCUT2D eigenvalue weighted by molar-refractivity contribution is 0.0954. The van der Waals surface area contributed by atoms with Crippen LogP contribution in [0.25, 0.3) is 0 Å². The Morgan fingerprint density at radius 3 is 2.28 bits per heavy atom. The SMILES string of the molecule is CC.CC(C)CCOc1ccc(C(=O)NCCC2=CC=C(CN3CCCCC3)CC2)cc1. The van der Waals surface area contributed by atoms with Crippen LogP contribution in [0.2, 0.25) is 0 Å². The van der Waals surface area contributed by atoms with Crippen molar-refractivity contribution in [1.82, 2.24) is 10.2 Å². The molecule has 0 spiro atoms. The zero-order chi connectivity index (χ0) is 23.2. The minimum absolute atomic E-state index is 0.0125. The standard InChI is InChI=1S/C26H38N2O2.C2H6/c1-21(2)15-19-30-25-12-10-24(11-13-25)26(29)27-16-14-22-6-8-23(9-7-22)20-28-17-4-3-5-18-28;1-2/h6,8,10-13,21H,3-5,7,9,14-20H2,1-2H3,(H,27,29);1-2H3. The van der Waals surface area contributed by atoms with Crippen molar-refractivity contribution in [2.45, 2.75) is 72.6 Å². The fraction of sp³-hybridized carbons (Fsp3) is 0.607. The molecule has 1 fully saturated rings. The second kappa shape index (κ2) is 14.9. The molecule has 0 saturated carbocycles. The predicted octanol–water partition coefficient (Wildman–Crippen LogP) is 6.39. The fourth-order valence-electron chi connectivity index (χ4n) is 4.02. The topological polar surface area (TPSA) is 41.6 Å². The summed E-state index contributed by atoms with van der Waals surface area (Å²) in [6.07, 6.45) is 12.9. The number of amides is 1. The van der Waals surface area contributed by atoms with E-state index in [4.69, 9.17) is 4.74 Å². The van der Waals surface area contributed by atoms with E-state index in [1.165, 1.54) is 37.9 Å². The lowest BCUT2D eigenvalue weighted by atomic mass is 9.95. The summed E-state index contributed by atoms with van der Waals surface area (Å²) in [5.41, 5.74) is 3.68. The van der Waals surface area contributed by atoms with Crippen LogP contribution in [0, 0.1) is 5.92 Å². The molecule has 1 heterocycles. The summed E-state index contributed by atoms with van der Waals surface area (Å²) in [4.78, 5) is 15.0. The highest BCUT2D eigenvalue weighted by Crippen LogP contribution is 2.22. The Hall–Kier alpha value is -2.07. The van der Waals surface area contributed by atoms with Crippen molar-refractivity contribution >= 4 is 5.91 Å². The number of nitrogens with one attached hydrogen (secondary N) is 1. The van der Waals surface area contributed by atoms with Crippen molar-refractivity contribution in [2.75, 3.05) is 32.8 Å². The molecule has 0 bridgehead atoms. The van der Waals surface area contributed by atoms with Gasteiger partial charge in [-0.15, -0.1) is 0 Å². The zero-order valence-corrected chi connectivity index (χ0v) is 20.8. The molecule has 32 heavy (non-hydrogen) atoms. The van der Waals surface area contributed by atoms with Crippen molar-refractivity contribution in [2.24, 2.45) is 5.92 Å². The van der Waals surface area contributed by atoms with Crippen LogP contribution < -0.4 is 10.1 Å². The van der Waals surface area contributed by atoms with Crippen LogP contribution >= 0.6 is 0 Å². The maximum Gasteiger partial charge on any atom is 0.251 e. The quantitative estimate of drug-likeness (QED) is 0.458. The molecule has 1 aliphatic heterocycles. The first-order chi connectivity index (χ1) is 15.6. The van der Waals surface area contributed by atoms with Gasteiger partial charge < -0.3 is 10.1 Å². The van der Waals surface area contributed by atoms with Crippen LogP contribution in [0.1, 0.15) is 83.0 Å². The van der Waals surface area contributed by atoms with Gasteiger partial charge in [-0.05, 0) is 81.8 Å². The van der Waals surface area contributed by atoms with Gasteiger partial charge in [0.15, 0.2) is 0 Å². The Labute approximate surface area is 196 Å². The lowest BCUT2D eigenvalue weighted by Crippen LogP contribution is -2.31. The van der Waals surface area contributed by atoms with Gasteiger partial charge in [0.2, 0.25) is 0 Å². The van der Waals surface area contributed by atoms with E-state index in [9.17, 15) is 4.79 Å². The number of piperidine rings is 1. The van der Waals surface area contributed by atoms with E-state index in [2.05, 4.69) is 36.2 Å². The number of carbonyl (C=O) groups excluding carboxylic acids is 1. The predicted molar refractivity (Wildman–Crippen MR) is 135 cm³/mol. The van der Waals surface area contributed by atoms with Crippen LogP contribution in [0.5, 0.6) is 5.75 Å². The molecule has 1 aromatic carbocycles. The Bertz CT molecular complexity index is 728. The van der Waals surface area contributed by atoms with Crippen molar-refractivity contribution in [3.05, 3.63) is 53.1 Å². The van der Waals surface area contributed by atoms with Crippen molar-refractivity contribution in [3.8, 4) is 5.75 Å². The molecule has 1 N–H and O–H groups in total. The van der Waals surface area contributed by atoms with E-state index < -0.39 is 0 Å². The van der Waals surface area contributed by atoms with E-state index in [1.54, 1.807) is 5.57 Å². The van der Waals surface area contributed by atoms with Crippen LogP contribution in [0.4, 0.5) is 0 Å². The molecule has 3 rings (SSSR count). The van der Waals surface area contributed by atoms with Crippen LogP contribution in [-0.4, -0.2) is 43.6 Å². The van der Waals surface area contributed by atoms with Crippen molar-refractivity contribution < 1.29 is 9.53 Å². The number of allylic oxidation sites excluding steroid dienone is 2. The Morgan fingerprint density at radius 2 is 1.66 bits per heavy atom. The number of carbonyl (C=O) groups is 1. The average molecular weight is 441 g/mol. The molecule has 4 nitrogen and oxygen atoms in total. The van der Waals surface area contributed by atoms with Gasteiger partial charge in [0, 0.05) is 18.7 Å². The first kappa shape index (κ1) is 26.2. The normalized spacial score (nSPS) is 16.5. The van der Waals surface area contributed by atoms with Gasteiger partial charge in [0.1, 0.15) is 5.75 Å². The molecule has 4 heteroatoms. The molecule has 1 saturated heterocycles. The molecular formula is C28H44N2O2. The molecule has 0 radical (unpaired) electrons. The third-order valence-electron chi connectivity index (χ3n) is 6.01. The maximum absolute atomic E-state index is 12.4. The third kappa shape index (κ3) is 9.60. The molecule has 178 valence electrons. The summed E-state index contributed by atoms with van der Waals surface area (Å²) in [6, 6.07) is 7.45. The summed E-state index contributed by atoms with van der Waals surface area (Å²) in [7, 11) is 0. The average Bonchev–Trinajstić information content (AvgIpc) is 2.82. The number of nitrogens with zero attached hydrogens (tertiary/aromatic N) is 1. The Morgan fingerprint density at radius 1 is 1.00 bits per heavy atom. The third-order valence-corrected chi connectivity index (χ3v) is 6.01. The second-order valence-electron chi connectivity index (χ2n) is 9.05. The molecule has 0 atom stereocenters. The zero-order valence-electron chi connectivity index (χ0n) is 20.8. The highest BCUT2D eigenvalue weighted by molar-refractivity contribution is 5.94. The van der Waals surface area contributed by atoms with E-state index in [0.717, 1.165) is 38.0 Å². The highest BCUT2D eigenvalue weighted by atomic mass is 16.5. The van der Waals surface area contributed by atoms with Gasteiger partial charge in [-0.25, -0.2) is 0 Å². The lowest BCUT2D eigenvalue weighted by Gasteiger charge is -2.28. The molecule has 0 unspecified atom stereocenters. The monoisotopic (exact) mass is 440 g/mol. The van der Waals surface area contributed by atoms with E-state index >= 15 is 0 Å². The molecule has 1 aliphatic carbocycles. The molecular weight excluding hydrogens is 396 g/mol. The largest absolute Gasteiger partial charge is 0.494 e. The van der Waals surface area contributed by atoms with E-state index in [0.29, 0.717) is 24.6 Å². The molecule has 1 aromatic rings. The molecule has 1 amide bonds. The molecule has 0 aromatic heterocycles. The number of hydrogen-bond acceptors (Lipinski definition) is 3. The van der Waals surface area contributed by atoms with Gasteiger partial charge in [0.25, 0.3) is 5.91 Å². The van der Waals surface area contributed by atoms with Gasteiger partial charge >= 0.3 is 0 Å². The number of likely N-dealkylation sites (tertiary alicyclic amines) is 1. The number of ether oxygens (including phenoxy) is 1. The van der Waals surface area contributed by atoms with Gasteiger partial charge in [0.05, 0.1) is 6.61 Å². The van der Waals surface area contributed by atoms with Crippen LogP contribution in [0.15, 0.2) is 47.6 Å². The van der Waals surface area contributed by atoms with Gasteiger partial charge in [-0.3, -0.25) is 9.69 Å². The van der Waals surface area contributed by atoms with Crippen molar-refractivity contribution in [3.63, 3.8) is 0 Å².